The van der Waals surface area contributed by atoms with Crippen LogP contribution in [-0.2, 0) is 14.3 Å². The summed E-state index contributed by atoms with van der Waals surface area (Å²) >= 11 is 3.48. The Kier molecular flexibility index (Phi) is 8.24. The van der Waals surface area contributed by atoms with Crippen molar-refractivity contribution >= 4 is 45.5 Å². The Morgan fingerprint density at radius 2 is 1.58 bits per heavy atom. The van der Waals surface area contributed by atoms with E-state index in [9.17, 15) is 14.4 Å². The van der Waals surface area contributed by atoms with Crippen LogP contribution in [0.3, 0.4) is 0 Å². The molecule has 0 aromatic heterocycles. The van der Waals surface area contributed by atoms with E-state index < -0.39 is 17.8 Å². The van der Waals surface area contributed by atoms with Crippen LogP contribution in [0.4, 0.5) is 10.5 Å². The first-order valence-electron chi connectivity index (χ1n) is 10.5. The number of ether oxygens (including phenoxy) is 3. The molecule has 0 aliphatic carbocycles. The molecule has 8 nitrogen and oxygen atoms in total. The summed E-state index contributed by atoms with van der Waals surface area (Å²) in [6.07, 6.45) is 1.45. The highest BCUT2D eigenvalue weighted by atomic mass is 79.9. The van der Waals surface area contributed by atoms with Crippen molar-refractivity contribution in [1.82, 2.24) is 4.90 Å². The number of amides is 4. The van der Waals surface area contributed by atoms with Crippen molar-refractivity contribution in [1.29, 1.82) is 0 Å². The van der Waals surface area contributed by atoms with E-state index in [1.54, 1.807) is 42.5 Å². The molecule has 0 spiro atoms. The lowest BCUT2D eigenvalue weighted by Crippen LogP contribution is -2.57. The second-order valence-electron chi connectivity index (χ2n) is 6.95. The number of imide groups is 2. The molecule has 0 atom stereocenters. The van der Waals surface area contributed by atoms with Gasteiger partial charge >= 0.3 is 6.03 Å². The molecule has 174 valence electrons. The fourth-order valence-corrected chi connectivity index (χ4v) is 3.75. The molecule has 1 aliphatic heterocycles. The number of nitrogens with zero attached hydrogens (tertiary/aromatic N) is 2. The first kappa shape index (κ1) is 24.5. The number of rotatable bonds is 9. The third kappa shape index (κ3) is 5.26. The number of benzene rings is 2. The molecule has 0 unspecified atom stereocenters. The number of hydrogen-bond acceptors (Lipinski definition) is 6. The molecule has 1 saturated heterocycles. The van der Waals surface area contributed by atoms with Gasteiger partial charge in [0.25, 0.3) is 11.8 Å². The fourth-order valence-electron chi connectivity index (χ4n) is 3.31. The van der Waals surface area contributed by atoms with Crippen molar-refractivity contribution in [2.24, 2.45) is 0 Å². The lowest BCUT2D eigenvalue weighted by Gasteiger charge is -2.33. The maximum absolute atomic E-state index is 13.3. The molecule has 0 N–H and O–H groups in total. The van der Waals surface area contributed by atoms with E-state index in [1.165, 1.54) is 13.2 Å². The molecule has 3 rings (SSSR count). The van der Waals surface area contributed by atoms with Crippen LogP contribution in [0.5, 0.6) is 11.5 Å². The monoisotopic (exact) mass is 516 g/mol. The number of halogens is 1. The Hall–Kier alpha value is -3.17. The topological polar surface area (TPSA) is 85.4 Å². The van der Waals surface area contributed by atoms with E-state index in [0.717, 1.165) is 9.80 Å². The molecule has 2 aromatic rings. The molecule has 33 heavy (non-hydrogen) atoms. The van der Waals surface area contributed by atoms with Gasteiger partial charge in [-0.25, -0.2) is 9.69 Å². The van der Waals surface area contributed by atoms with Crippen molar-refractivity contribution in [3.05, 3.63) is 58.1 Å². The minimum absolute atomic E-state index is 0.0107. The molecule has 1 aliphatic rings. The van der Waals surface area contributed by atoms with E-state index in [-0.39, 0.29) is 18.7 Å². The molecular weight excluding hydrogens is 492 g/mol. The Morgan fingerprint density at radius 3 is 2.18 bits per heavy atom. The van der Waals surface area contributed by atoms with Crippen LogP contribution in [0.25, 0.3) is 6.08 Å². The maximum atomic E-state index is 13.3. The number of hydrogen-bond donors (Lipinski definition) is 0. The normalized spacial score (nSPS) is 15.4. The average molecular weight is 517 g/mol. The SMILES string of the molecule is CCOc1cc(Br)c(/C=C2/C(=O)N(CCOC)C(=O)N(c3ccccc3)C2=O)cc1OCC. The number of methoxy groups -OCH3 is 1. The summed E-state index contributed by atoms with van der Waals surface area (Å²) < 4.78 is 17.0. The maximum Gasteiger partial charge on any atom is 0.338 e. The molecule has 1 fully saturated rings. The highest BCUT2D eigenvalue weighted by Crippen LogP contribution is 2.36. The zero-order valence-electron chi connectivity index (χ0n) is 18.7. The summed E-state index contributed by atoms with van der Waals surface area (Å²) in [5, 5.41) is 0. The largest absolute Gasteiger partial charge is 0.490 e. The lowest BCUT2D eigenvalue weighted by molar-refractivity contribution is -0.129. The summed E-state index contributed by atoms with van der Waals surface area (Å²) in [7, 11) is 1.47. The van der Waals surface area contributed by atoms with Crippen molar-refractivity contribution in [2.45, 2.75) is 13.8 Å². The Labute approximate surface area is 200 Å². The number of carbonyl (C=O) groups is 3. The van der Waals surface area contributed by atoms with Crippen molar-refractivity contribution in [3.8, 4) is 11.5 Å². The van der Waals surface area contributed by atoms with Crippen LogP contribution in [0.15, 0.2) is 52.5 Å². The Morgan fingerprint density at radius 1 is 0.939 bits per heavy atom. The van der Waals surface area contributed by atoms with Gasteiger partial charge in [-0.3, -0.25) is 14.5 Å². The van der Waals surface area contributed by atoms with Gasteiger partial charge in [-0.05, 0) is 49.8 Å². The highest BCUT2D eigenvalue weighted by molar-refractivity contribution is 9.10. The van der Waals surface area contributed by atoms with Gasteiger partial charge in [0.05, 0.1) is 32.1 Å². The van der Waals surface area contributed by atoms with Gasteiger partial charge < -0.3 is 14.2 Å². The van der Waals surface area contributed by atoms with Gasteiger partial charge in [-0.15, -0.1) is 0 Å². The smallest absolute Gasteiger partial charge is 0.338 e. The van der Waals surface area contributed by atoms with E-state index in [4.69, 9.17) is 14.2 Å². The van der Waals surface area contributed by atoms with Crippen molar-refractivity contribution < 1.29 is 28.6 Å². The van der Waals surface area contributed by atoms with Gasteiger partial charge in [-0.1, -0.05) is 34.1 Å². The molecule has 0 bridgehead atoms. The minimum atomic E-state index is -0.717. The molecular formula is C24H25BrN2O6. The molecule has 4 amide bonds. The van der Waals surface area contributed by atoms with Gasteiger partial charge in [0, 0.05) is 11.6 Å². The third-order valence-electron chi connectivity index (χ3n) is 4.83. The van der Waals surface area contributed by atoms with E-state index >= 15 is 0 Å². The predicted molar refractivity (Wildman–Crippen MR) is 127 cm³/mol. The standard InChI is InChI=1S/C24H25BrN2O6/c1-4-32-20-14-16(19(25)15-21(20)33-5-2)13-18-22(28)26(11-12-31-3)24(30)27(23(18)29)17-9-7-6-8-10-17/h6-10,13-15H,4-5,11-12H2,1-3H3/b18-13-. The van der Waals surface area contributed by atoms with E-state index in [1.807, 2.05) is 13.8 Å². The summed E-state index contributed by atoms with van der Waals surface area (Å²) in [5.41, 5.74) is 0.753. The van der Waals surface area contributed by atoms with Gasteiger partial charge in [-0.2, -0.15) is 0 Å². The van der Waals surface area contributed by atoms with Crippen molar-refractivity contribution in [2.75, 3.05) is 38.4 Å². The Balaban J connectivity index is 2.11. The highest BCUT2D eigenvalue weighted by Gasteiger charge is 2.42. The predicted octanol–water partition coefficient (Wildman–Crippen LogP) is 4.27. The number of barbiturate groups is 1. The van der Waals surface area contributed by atoms with E-state index in [0.29, 0.717) is 40.4 Å². The van der Waals surface area contributed by atoms with E-state index in [2.05, 4.69) is 15.9 Å². The van der Waals surface area contributed by atoms with Gasteiger partial charge in [0.15, 0.2) is 11.5 Å². The average Bonchev–Trinajstić information content (AvgIpc) is 2.80. The number of para-hydroxylation sites is 1. The minimum Gasteiger partial charge on any atom is -0.490 e. The molecule has 2 aromatic carbocycles. The van der Waals surface area contributed by atoms with Crippen LogP contribution >= 0.6 is 15.9 Å². The van der Waals surface area contributed by atoms with Crippen LogP contribution in [0, 0.1) is 0 Å². The third-order valence-corrected chi connectivity index (χ3v) is 5.51. The fraction of sp³-hybridized carbons (Fsp3) is 0.292. The quantitative estimate of drug-likeness (QED) is 0.365. The van der Waals surface area contributed by atoms with Crippen LogP contribution < -0.4 is 14.4 Å². The molecule has 1 heterocycles. The molecule has 0 radical (unpaired) electrons. The summed E-state index contributed by atoms with van der Waals surface area (Å²) in [5.74, 6) is -0.369. The zero-order chi connectivity index (χ0) is 24.0. The number of anilines is 1. The zero-order valence-corrected chi connectivity index (χ0v) is 20.3. The first-order valence-corrected chi connectivity index (χ1v) is 11.3. The van der Waals surface area contributed by atoms with Crippen molar-refractivity contribution in [3.63, 3.8) is 0 Å². The first-order chi connectivity index (χ1) is 15.9. The summed E-state index contributed by atoms with van der Waals surface area (Å²) in [6, 6.07) is 11.2. The lowest BCUT2D eigenvalue weighted by atomic mass is 10.0. The van der Waals surface area contributed by atoms with Gasteiger partial charge in [0.2, 0.25) is 0 Å². The number of carbonyl (C=O) groups excluding carboxylic acids is 3. The van der Waals surface area contributed by atoms with Gasteiger partial charge in [0.1, 0.15) is 5.57 Å². The molecule has 9 heteroatoms. The second kappa shape index (κ2) is 11.1. The Bertz CT molecular complexity index is 1070. The van der Waals surface area contributed by atoms with Crippen LogP contribution in [0.1, 0.15) is 19.4 Å². The summed E-state index contributed by atoms with van der Waals surface area (Å²) in [6.45, 7) is 4.73. The second-order valence-corrected chi connectivity index (χ2v) is 7.81. The van der Waals surface area contributed by atoms with Crippen LogP contribution in [-0.4, -0.2) is 56.2 Å². The number of urea groups is 1. The molecule has 0 saturated carbocycles. The van der Waals surface area contributed by atoms with Crippen LogP contribution in [0.2, 0.25) is 0 Å². The summed E-state index contributed by atoms with van der Waals surface area (Å²) in [4.78, 5) is 41.6.